The first-order valence-corrected chi connectivity index (χ1v) is 9.51. The second kappa shape index (κ2) is 7.86. The number of benzene rings is 2. The molecular formula is C19H12Cl2F3N5O2. The van der Waals surface area contributed by atoms with Gasteiger partial charge in [0.05, 0.1) is 33.4 Å². The maximum absolute atomic E-state index is 13.7. The lowest BCUT2D eigenvalue weighted by molar-refractivity contribution is -0.146. The summed E-state index contributed by atoms with van der Waals surface area (Å²) in [6.07, 6.45) is -4.76. The molecular weight excluding hydrogens is 458 g/mol. The lowest BCUT2D eigenvalue weighted by Gasteiger charge is -2.10. The lowest BCUT2D eigenvalue weighted by atomic mass is 10.2. The Morgan fingerprint density at radius 2 is 1.81 bits per heavy atom. The first kappa shape index (κ1) is 21.1. The lowest BCUT2D eigenvalue weighted by Crippen LogP contribution is -2.16. The molecule has 0 aliphatic rings. The molecule has 7 nitrogen and oxygen atoms in total. The molecule has 0 saturated carbocycles. The van der Waals surface area contributed by atoms with Crippen LogP contribution < -0.4 is 5.32 Å². The van der Waals surface area contributed by atoms with Crippen LogP contribution in [0, 0.1) is 6.92 Å². The predicted octanol–water partition coefficient (Wildman–Crippen LogP) is 5.35. The van der Waals surface area contributed by atoms with E-state index in [2.05, 4.69) is 20.4 Å². The van der Waals surface area contributed by atoms with Crippen LogP contribution in [0.1, 0.15) is 27.9 Å². The maximum atomic E-state index is 13.7. The van der Waals surface area contributed by atoms with Crippen molar-refractivity contribution in [2.24, 2.45) is 0 Å². The van der Waals surface area contributed by atoms with Gasteiger partial charge in [0.1, 0.15) is 5.52 Å². The highest BCUT2D eigenvalue weighted by Gasteiger charge is 2.38. The molecule has 2 aromatic carbocycles. The molecule has 0 fully saturated rings. The second-order valence-corrected chi connectivity index (χ2v) is 7.29. The van der Waals surface area contributed by atoms with Crippen LogP contribution in [0.3, 0.4) is 0 Å². The van der Waals surface area contributed by atoms with Crippen LogP contribution in [0.4, 0.5) is 18.9 Å². The topological polar surface area (TPSA) is 85.8 Å². The van der Waals surface area contributed by atoms with Gasteiger partial charge in [-0.2, -0.15) is 18.2 Å². The minimum Gasteiger partial charge on any atom is -0.340 e. The van der Waals surface area contributed by atoms with Crippen molar-refractivity contribution in [1.29, 1.82) is 0 Å². The summed E-state index contributed by atoms with van der Waals surface area (Å²) in [6.45, 7) is 1.21. The van der Waals surface area contributed by atoms with Crippen molar-refractivity contribution in [2.45, 2.75) is 19.6 Å². The molecule has 0 bridgehead atoms. The monoisotopic (exact) mass is 469 g/mol. The van der Waals surface area contributed by atoms with Crippen molar-refractivity contribution in [2.75, 3.05) is 5.32 Å². The van der Waals surface area contributed by atoms with Crippen molar-refractivity contribution >= 4 is 45.8 Å². The van der Waals surface area contributed by atoms with Gasteiger partial charge >= 0.3 is 6.18 Å². The van der Waals surface area contributed by atoms with Gasteiger partial charge in [-0.15, -0.1) is 0 Å². The van der Waals surface area contributed by atoms with E-state index in [-0.39, 0.29) is 50.6 Å². The van der Waals surface area contributed by atoms with Crippen molar-refractivity contribution in [3.63, 3.8) is 0 Å². The zero-order valence-corrected chi connectivity index (χ0v) is 17.2. The van der Waals surface area contributed by atoms with Crippen LogP contribution >= 0.6 is 23.2 Å². The molecule has 0 spiro atoms. The van der Waals surface area contributed by atoms with E-state index in [0.717, 1.165) is 4.57 Å². The summed E-state index contributed by atoms with van der Waals surface area (Å²) in [6, 6.07) is 8.90. The highest BCUT2D eigenvalue weighted by Crippen LogP contribution is 2.35. The summed E-state index contributed by atoms with van der Waals surface area (Å²) < 4.78 is 46.8. The molecule has 12 heteroatoms. The fourth-order valence-corrected chi connectivity index (χ4v) is 3.64. The number of para-hydroxylation sites is 1. The third kappa shape index (κ3) is 4.08. The fraction of sp³-hybridized carbons (Fsp3) is 0.158. The Balaban J connectivity index is 1.80. The maximum Gasteiger partial charge on any atom is 0.449 e. The molecule has 31 heavy (non-hydrogen) atoms. The van der Waals surface area contributed by atoms with Crippen LogP contribution in [0.15, 0.2) is 40.9 Å². The highest BCUT2D eigenvalue weighted by molar-refractivity contribution is 6.40. The highest BCUT2D eigenvalue weighted by atomic mass is 35.5. The number of hydrogen-bond acceptors (Lipinski definition) is 5. The SMILES string of the molecule is Cc1nc(Cn2c(C(F)(F)F)nc3c(NC(=O)c4c(Cl)cccc4Cl)cccc32)no1. The Labute approximate surface area is 182 Å². The molecule has 2 aromatic heterocycles. The fourth-order valence-electron chi connectivity index (χ4n) is 3.07. The number of halogens is 5. The Morgan fingerprint density at radius 1 is 1.13 bits per heavy atom. The summed E-state index contributed by atoms with van der Waals surface area (Å²) in [5.74, 6) is -1.57. The second-order valence-electron chi connectivity index (χ2n) is 6.47. The van der Waals surface area contributed by atoms with Gasteiger partial charge in [0.2, 0.25) is 11.7 Å². The van der Waals surface area contributed by atoms with Gasteiger partial charge in [-0.1, -0.05) is 40.5 Å². The number of fused-ring (bicyclic) bond motifs is 1. The van der Waals surface area contributed by atoms with Crippen molar-refractivity contribution in [3.05, 3.63) is 69.5 Å². The van der Waals surface area contributed by atoms with Gasteiger partial charge in [-0.05, 0) is 24.3 Å². The Hall–Kier alpha value is -3.11. The largest absolute Gasteiger partial charge is 0.449 e. The number of rotatable bonds is 4. The number of hydrogen-bond donors (Lipinski definition) is 1. The van der Waals surface area contributed by atoms with Crippen LogP contribution in [0.25, 0.3) is 11.0 Å². The van der Waals surface area contributed by atoms with Gasteiger partial charge < -0.3 is 14.4 Å². The van der Waals surface area contributed by atoms with Gasteiger partial charge in [0.25, 0.3) is 5.91 Å². The number of imidazole rings is 1. The van der Waals surface area contributed by atoms with Crippen LogP contribution in [0.5, 0.6) is 0 Å². The van der Waals surface area contributed by atoms with Crippen molar-refractivity contribution in [3.8, 4) is 0 Å². The number of alkyl halides is 3. The number of nitrogens with zero attached hydrogens (tertiary/aromatic N) is 4. The summed E-state index contributed by atoms with van der Waals surface area (Å²) in [7, 11) is 0. The van der Waals surface area contributed by atoms with Crippen molar-refractivity contribution in [1.82, 2.24) is 19.7 Å². The summed E-state index contributed by atoms with van der Waals surface area (Å²) in [5, 5.41) is 6.40. The number of carbonyl (C=O) groups excluding carboxylic acids is 1. The molecule has 1 amide bonds. The molecule has 0 aliphatic heterocycles. The Morgan fingerprint density at radius 3 is 2.42 bits per heavy atom. The van der Waals surface area contributed by atoms with Crippen LogP contribution in [0.2, 0.25) is 10.0 Å². The molecule has 0 aliphatic carbocycles. The standard InChI is InChI=1S/C19H12Cl2F3N5O2/c1-9-25-14(28-31-9)8-29-13-7-3-6-12(16(13)27-18(29)19(22,23)24)26-17(30)15-10(20)4-2-5-11(15)21/h2-7H,8H2,1H3,(H,26,30). The first-order chi connectivity index (χ1) is 14.6. The third-order valence-corrected chi connectivity index (χ3v) is 4.97. The zero-order chi connectivity index (χ0) is 22.3. The molecule has 0 atom stereocenters. The zero-order valence-electron chi connectivity index (χ0n) is 15.7. The first-order valence-electron chi connectivity index (χ1n) is 8.76. The van der Waals surface area contributed by atoms with Gasteiger partial charge in [-0.3, -0.25) is 4.79 Å². The number of nitrogens with one attached hydrogen (secondary N) is 1. The molecule has 4 rings (SSSR count). The van der Waals surface area contributed by atoms with E-state index in [1.54, 1.807) is 6.07 Å². The molecule has 2 heterocycles. The molecule has 1 N–H and O–H groups in total. The summed E-state index contributed by atoms with van der Waals surface area (Å²) >= 11 is 12.1. The number of anilines is 1. The molecule has 4 aromatic rings. The van der Waals surface area contributed by atoms with Crippen LogP contribution in [-0.2, 0) is 12.7 Å². The number of carbonyl (C=O) groups is 1. The summed E-state index contributed by atoms with van der Waals surface area (Å²) in [4.78, 5) is 20.4. The molecule has 0 radical (unpaired) electrons. The van der Waals surface area contributed by atoms with E-state index in [4.69, 9.17) is 27.7 Å². The van der Waals surface area contributed by atoms with E-state index < -0.39 is 17.9 Å². The minimum atomic E-state index is -4.76. The van der Waals surface area contributed by atoms with E-state index in [1.807, 2.05) is 0 Å². The number of aromatic nitrogens is 4. The van der Waals surface area contributed by atoms with Crippen molar-refractivity contribution < 1.29 is 22.5 Å². The van der Waals surface area contributed by atoms with E-state index in [9.17, 15) is 18.0 Å². The number of aryl methyl sites for hydroxylation is 1. The minimum absolute atomic E-state index is 0.000543. The van der Waals surface area contributed by atoms with Crippen LogP contribution in [-0.4, -0.2) is 25.6 Å². The number of amides is 1. The average molecular weight is 470 g/mol. The van der Waals surface area contributed by atoms with E-state index in [0.29, 0.717) is 0 Å². The molecule has 0 unspecified atom stereocenters. The molecule has 0 saturated heterocycles. The summed E-state index contributed by atoms with van der Waals surface area (Å²) in [5.41, 5.74) is 0.122. The Bertz CT molecular complexity index is 1280. The van der Waals surface area contributed by atoms with E-state index >= 15 is 0 Å². The van der Waals surface area contributed by atoms with E-state index in [1.165, 1.54) is 37.3 Å². The molecule has 160 valence electrons. The average Bonchev–Trinajstić information content (AvgIpc) is 3.26. The third-order valence-electron chi connectivity index (χ3n) is 4.34. The van der Waals surface area contributed by atoms with Gasteiger partial charge in [0, 0.05) is 6.92 Å². The normalized spacial score (nSPS) is 11.8. The smallest absolute Gasteiger partial charge is 0.340 e. The Kier molecular flexibility index (Phi) is 5.36. The quantitative estimate of drug-likeness (QED) is 0.435. The van der Waals surface area contributed by atoms with Gasteiger partial charge in [-0.25, -0.2) is 4.98 Å². The predicted molar refractivity (Wildman–Crippen MR) is 107 cm³/mol. The van der Waals surface area contributed by atoms with Gasteiger partial charge in [0.15, 0.2) is 5.82 Å².